The van der Waals surface area contributed by atoms with Gasteiger partial charge in [-0.1, -0.05) is 12.1 Å². The van der Waals surface area contributed by atoms with E-state index in [1.54, 1.807) is 43.3 Å². The number of carbonyl (C=O) groups excluding carboxylic acids is 1. The highest BCUT2D eigenvalue weighted by atomic mass is 19.1. The van der Waals surface area contributed by atoms with Crippen LogP contribution in [0.2, 0.25) is 0 Å². The summed E-state index contributed by atoms with van der Waals surface area (Å²) < 4.78 is 18.4. The molecule has 2 aromatic rings. The Morgan fingerprint density at radius 2 is 1.95 bits per heavy atom. The Bertz CT molecular complexity index is 611. The van der Waals surface area contributed by atoms with Crippen molar-refractivity contribution in [3.8, 4) is 5.75 Å². The van der Waals surface area contributed by atoms with Gasteiger partial charge < -0.3 is 10.1 Å². The molecule has 3 nitrogen and oxygen atoms in total. The quantitative estimate of drug-likeness (QED) is 0.917. The van der Waals surface area contributed by atoms with Gasteiger partial charge in [-0.25, -0.2) is 4.39 Å². The molecule has 2 aromatic carbocycles. The van der Waals surface area contributed by atoms with E-state index in [1.807, 2.05) is 0 Å². The number of amides is 1. The topological polar surface area (TPSA) is 38.3 Å². The molecule has 1 amide bonds. The maximum atomic E-state index is 13.4. The Labute approximate surface area is 111 Å². The number of methoxy groups -OCH3 is 1. The molecule has 0 spiro atoms. The number of carbonyl (C=O) groups is 1. The third kappa shape index (κ3) is 2.91. The van der Waals surface area contributed by atoms with Crippen LogP contribution in [0, 0.1) is 12.7 Å². The molecule has 0 heterocycles. The Morgan fingerprint density at radius 1 is 1.21 bits per heavy atom. The van der Waals surface area contributed by atoms with Gasteiger partial charge in [-0.3, -0.25) is 4.79 Å². The van der Waals surface area contributed by atoms with Gasteiger partial charge in [0.15, 0.2) is 0 Å². The fourth-order valence-electron chi connectivity index (χ4n) is 1.70. The van der Waals surface area contributed by atoms with Gasteiger partial charge in [-0.15, -0.1) is 0 Å². The van der Waals surface area contributed by atoms with Crippen LogP contribution in [0.25, 0.3) is 0 Å². The number of ether oxygens (including phenoxy) is 1. The van der Waals surface area contributed by atoms with Crippen molar-refractivity contribution in [3.05, 3.63) is 59.4 Å². The summed E-state index contributed by atoms with van der Waals surface area (Å²) in [6, 6.07) is 11.4. The summed E-state index contributed by atoms with van der Waals surface area (Å²) in [6.07, 6.45) is 0. The third-order valence-electron chi connectivity index (χ3n) is 2.85. The monoisotopic (exact) mass is 259 g/mol. The first-order valence-electron chi connectivity index (χ1n) is 5.82. The van der Waals surface area contributed by atoms with Gasteiger partial charge in [0.2, 0.25) is 0 Å². The van der Waals surface area contributed by atoms with E-state index in [1.165, 1.54) is 13.2 Å². The van der Waals surface area contributed by atoms with E-state index in [0.717, 1.165) is 0 Å². The summed E-state index contributed by atoms with van der Waals surface area (Å²) in [6.45, 7) is 1.62. The van der Waals surface area contributed by atoms with Gasteiger partial charge in [0, 0.05) is 16.8 Å². The maximum Gasteiger partial charge on any atom is 0.255 e. The Hall–Kier alpha value is -2.36. The van der Waals surface area contributed by atoms with Crippen molar-refractivity contribution >= 4 is 11.6 Å². The van der Waals surface area contributed by atoms with Crippen molar-refractivity contribution in [2.24, 2.45) is 0 Å². The molecule has 0 bridgehead atoms. The molecule has 98 valence electrons. The van der Waals surface area contributed by atoms with Crippen LogP contribution in [0.5, 0.6) is 5.75 Å². The first-order valence-corrected chi connectivity index (χ1v) is 5.82. The molecule has 0 aromatic heterocycles. The molecule has 0 radical (unpaired) electrons. The van der Waals surface area contributed by atoms with E-state index < -0.39 is 0 Å². The average molecular weight is 259 g/mol. The maximum absolute atomic E-state index is 13.4. The van der Waals surface area contributed by atoms with Crippen LogP contribution in [0.1, 0.15) is 15.9 Å². The summed E-state index contributed by atoms with van der Waals surface area (Å²) in [5.74, 6) is -0.0420. The minimum atomic E-state index is -0.344. The predicted molar refractivity (Wildman–Crippen MR) is 72.1 cm³/mol. The number of nitrogens with one attached hydrogen (secondary N) is 1. The highest BCUT2D eigenvalue weighted by Gasteiger charge is 2.10. The zero-order chi connectivity index (χ0) is 13.8. The summed E-state index contributed by atoms with van der Waals surface area (Å²) in [5.41, 5.74) is 1.34. The lowest BCUT2D eigenvalue weighted by molar-refractivity contribution is 0.102. The highest BCUT2D eigenvalue weighted by molar-refractivity contribution is 6.04. The van der Waals surface area contributed by atoms with Crippen LogP contribution in [0.3, 0.4) is 0 Å². The molecule has 0 atom stereocenters. The normalized spacial score (nSPS) is 10.1. The molecule has 0 unspecified atom stereocenters. The van der Waals surface area contributed by atoms with Crippen molar-refractivity contribution in [2.75, 3.05) is 12.4 Å². The first kappa shape index (κ1) is 13.1. The van der Waals surface area contributed by atoms with Gasteiger partial charge in [0.25, 0.3) is 5.91 Å². The van der Waals surface area contributed by atoms with E-state index >= 15 is 0 Å². The standard InChI is InChI=1S/C15H14FNO2/c1-10-13(16)7-4-8-14(10)17-15(18)11-5-3-6-12(9-11)19-2/h3-9H,1-2H3,(H,17,18). The molecule has 0 saturated heterocycles. The molecule has 19 heavy (non-hydrogen) atoms. The van der Waals surface area contributed by atoms with Crippen molar-refractivity contribution < 1.29 is 13.9 Å². The molecule has 0 aliphatic carbocycles. The van der Waals surface area contributed by atoms with Gasteiger partial charge in [0.05, 0.1) is 7.11 Å². The van der Waals surface area contributed by atoms with E-state index in [2.05, 4.69) is 5.32 Å². The molecule has 0 saturated carbocycles. The number of benzene rings is 2. The highest BCUT2D eigenvalue weighted by Crippen LogP contribution is 2.19. The number of anilines is 1. The smallest absolute Gasteiger partial charge is 0.255 e. The van der Waals surface area contributed by atoms with Crippen molar-refractivity contribution in [2.45, 2.75) is 6.92 Å². The number of rotatable bonds is 3. The second kappa shape index (κ2) is 5.52. The second-order valence-corrected chi connectivity index (χ2v) is 4.10. The third-order valence-corrected chi connectivity index (χ3v) is 2.85. The lowest BCUT2D eigenvalue weighted by Gasteiger charge is -2.09. The fourth-order valence-corrected chi connectivity index (χ4v) is 1.70. The summed E-state index contributed by atoms with van der Waals surface area (Å²) in [7, 11) is 1.54. The number of halogens is 1. The van der Waals surface area contributed by atoms with Crippen LogP contribution in [-0.2, 0) is 0 Å². The van der Waals surface area contributed by atoms with E-state index in [4.69, 9.17) is 4.74 Å². The second-order valence-electron chi connectivity index (χ2n) is 4.10. The van der Waals surface area contributed by atoms with Crippen molar-refractivity contribution in [1.82, 2.24) is 0 Å². The van der Waals surface area contributed by atoms with Gasteiger partial charge in [-0.2, -0.15) is 0 Å². The first-order chi connectivity index (χ1) is 9.11. The summed E-state index contributed by atoms with van der Waals surface area (Å²) >= 11 is 0. The Morgan fingerprint density at radius 3 is 2.68 bits per heavy atom. The van der Waals surface area contributed by atoms with Crippen LogP contribution < -0.4 is 10.1 Å². The van der Waals surface area contributed by atoms with E-state index in [-0.39, 0.29) is 11.7 Å². The summed E-state index contributed by atoms with van der Waals surface area (Å²) in [5, 5.41) is 2.68. The van der Waals surface area contributed by atoms with Crippen LogP contribution in [0.4, 0.5) is 10.1 Å². The fraction of sp³-hybridized carbons (Fsp3) is 0.133. The van der Waals surface area contributed by atoms with Gasteiger partial charge >= 0.3 is 0 Å². The van der Waals surface area contributed by atoms with E-state index in [0.29, 0.717) is 22.6 Å². The molecule has 2 rings (SSSR count). The predicted octanol–water partition coefficient (Wildman–Crippen LogP) is 3.40. The SMILES string of the molecule is COc1cccc(C(=O)Nc2cccc(F)c2C)c1. The molecular formula is C15H14FNO2. The molecule has 4 heteroatoms. The lowest BCUT2D eigenvalue weighted by Crippen LogP contribution is -2.13. The van der Waals surface area contributed by atoms with Crippen molar-refractivity contribution in [3.63, 3.8) is 0 Å². The largest absolute Gasteiger partial charge is 0.497 e. The Kier molecular flexibility index (Phi) is 3.80. The lowest BCUT2D eigenvalue weighted by atomic mass is 10.1. The number of hydrogen-bond acceptors (Lipinski definition) is 2. The molecule has 0 fully saturated rings. The Balaban J connectivity index is 2.23. The number of hydrogen-bond donors (Lipinski definition) is 1. The molecule has 0 aliphatic heterocycles. The zero-order valence-electron chi connectivity index (χ0n) is 10.7. The minimum Gasteiger partial charge on any atom is -0.497 e. The van der Waals surface area contributed by atoms with Crippen LogP contribution >= 0.6 is 0 Å². The molecule has 0 aliphatic rings. The van der Waals surface area contributed by atoms with Crippen LogP contribution in [-0.4, -0.2) is 13.0 Å². The van der Waals surface area contributed by atoms with Crippen LogP contribution in [0.15, 0.2) is 42.5 Å². The van der Waals surface area contributed by atoms with E-state index in [9.17, 15) is 9.18 Å². The molecule has 1 N–H and O–H groups in total. The van der Waals surface area contributed by atoms with Gasteiger partial charge in [0.1, 0.15) is 11.6 Å². The van der Waals surface area contributed by atoms with Crippen molar-refractivity contribution in [1.29, 1.82) is 0 Å². The minimum absolute atomic E-state index is 0.299. The zero-order valence-corrected chi connectivity index (χ0v) is 10.7. The average Bonchev–Trinajstić information content (AvgIpc) is 2.44. The molecular weight excluding hydrogens is 245 g/mol. The summed E-state index contributed by atoms with van der Waals surface area (Å²) in [4.78, 5) is 12.1. The van der Waals surface area contributed by atoms with Gasteiger partial charge in [-0.05, 0) is 37.3 Å².